The van der Waals surface area contributed by atoms with E-state index in [0.29, 0.717) is 11.0 Å². The molecule has 0 spiro atoms. The fraction of sp³-hybridized carbons (Fsp3) is 0.300. The number of aromatic nitrogens is 2. The first-order valence-corrected chi connectivity index (χ1v) is 4.76. The van der Waals surface area contributed by atoms with E-state index >= 15 is 0 Å². The first kappa shape index (κ1) is 8.64. The van der Waals surface area contributed by atoms with Crippen LogP contribution in [0.2, 0.25) is 0 Å². The molecule has 0 amide bonds. The Hall–Kier alpha value is -1.65. The molecule has 5 heteroatoms. The van der Waals surface area contributed by atoms with E-state index in [2.05, 4.69) is 4.98 Å². The number of aromatic amines is 1. The molecule has 15 heavy (non-hydrogen) atoms. The quantitative estimate of drug-likeness (QED) is 0.767. The Morgan fingerprint density at radius 1 is 1.27 bits per heavy atom. The largest absolute Gasteiger partial charge is 0.326 e. The van der Waals surface area contributed by atoms with E-state index in [1.54, 1.807) is 0 Å². The second kappa shape index (κ2) is 2.68. The van der Waals surface area contributed by atoms with Crippen molar-refractivity contribution in [2.24, 2.45) is 0 Å². The fourth-order valence-corrected chi connectivity index (χ4v) is 1.82. The second-order valence-electron chi connectivity index (χ2n) is 3.81. The van der Waals surface area contributed by atoms with Gasteiger partial charge >= 0.3 is 5.69 Å². The van der Waals surface area contributed by atoms with E-state index in [4.69, 9.17) is 0 Å². The second-order valence-corrected chi connectivity index (χ2v) is 3.81. The zero-order valence-corrected chi connectivity index (χ0v) is 7.76. The van der Waals surface area contributed by atoms with Crippen LogP contribution in [0.3, 0.4) is 0 Å². The standard InChI is InChI=1S/C10H8F2N2O/c11-6-3-8-9(4-7(6)12)14(5-1-2-5)10(15)13-8/h3-5H,1-2H2,(H,13,15). The number of hydrogen-bond donors (Lipinski definition) is 1. The number of halogens is 2. The molecule has 1 aliphatic rings. The van der Waals surface area contributed by atoms with Gasteiger partial charge < -0.3 is 4.98 Å². The highest BCUT2D eigenvalue weighted by Gasteiger charge is 2.27. The Morgan fingerprint density at radius 2 is 1.93 bits per heavy atom. The molecular formula is C10H8F2N2O. The van der Waals surface area contributed by atoms with Crippen LogP contribution in [0.25, 0.3) is 11.0 Å². The summed E-state index contributed by atoms with van der Waals surface area (Å²) < 4.78 is 27.4. The van der Waals surface area contributed by atoms with Gasteiger partial charge in [0.15, 0.2) is 11.6 Å². The van der Waals surface area contributed by atoms with Gasteiger partial charge in [-0.3, -0.25) is 4.57 Å². The molecule has 0 aliphatic heterocycles. The Kier molecular flexibility index (Phi) is 1.55. The summed E-state index contributed by atoms with van der Waals surface area (Å²) in [5, 5.41) is 0. The van der Waals surface area contributed by atoms with Crippen molar-refractivity contribution in [1.82, 2.24) is 9.55 Å². The van der Waals surface area contributed by atoms with E-state index in [-0.39, 0.29) is 11.7 Å². The van der Waals surface area contributed by atoms with Crippen LogP contribution in [0.1, 0.15) is 18.9 Å². The van der Waals surface area contributed by atoms with Crippen LogP contribution in [0, 0.1) is 11.6 Å². The minimum atomic E-state index is -0.938. The number of nitrogens with one attached hydrogen (secondary N) is 1. The first-order chi connectivity index (χ1) is 7.16. The number of benzene rings is 1. The SMILES string of the molecule is O=c1[nH]c2cc(F)c(F)cc2n1C1CC1. The highest BCUT2D eigenvalue weighted by molar-refractivity contribution is 5.75. The van der Waals surface area contributed by atoms with Gasteiger partial charge in [-0.25, -0.2) is 13.6 Å². The third-order valence-electron chi connectivity index (χ3n) is 2.67. The van der Waals surface area contributed by atoms with Crippen molar-refractivity contribution in [3.63, 3.8) is 0 Å². The highest BCUT2D eigenvalue weighted by Crippen LogP contribution is 2.35. The average Bonchev–Trinajstić information content (AvgIpc) is 2.93. The monoisotopic (exact) mass is 210 g/mol. The number of hydrogen-bond acceptors (Lipinski definition) is 1. The van der Waals surface area contributed by atoms with Crippen LogP contribution in [-0.4, -0.2) is 9.55 Å². The predicted octanol–water partition coefficient (Wildman–Crippen LogP) is 1.94. The minimum Gasteiger partial charge on any atom is -0.305 e. The lowest BCUT2D eigenvalue weighted by atomic mass is 10.3. The number of nitrogens with zero attached hydrogens (tertiary/aromatic N) is 1. The van der Waals surface area contributed by atoms with Crippen LogP contribution in [0.4, 0.5) is 8.78 Å². The normalized spacial score (nSPS) is 16.1. The number of rotatable bonds is 1. The maximum Gasteiger partial charge on any atom is 0.326 e. The molecule has 2 aromatic rings. The van der Waals surface area contributed by atoms with Gasteiger partial charge in [-0.1, -0.05) is 0 Å². The molecule has 0 bridgehead atoms. The number of H-pyrrole nitrogens is 1. The maximum atomic E-state index is 13.0. The van der Waals surface area contributed by atoms with Gasteiger partial charge in [0.25, 0.3) is 0 Å². The van der Waals surface area contributed by atoms with Crippen LogP contribution in [-0.2, 0) is 0 Å². The molecule has 1 aromatic carbocycles. The van der Waals surface area contributed by atoms with Crippen LogP contribution in [0.15, 0.2) is 16.9 Å². The van der Waals surface area contributed by atoms with Gasteiger partial charge in [0.2, 0.25) is 0 Å². The van der Waals surface area contributed by atoms with Gasteiger partial charge in [-0.15, -0.1) is 0 Å². The predicted molar refractivity (Wildman–Crippen MR) is 50.7 cm³/mol. The van der Waals surface area contributed by atoms with Crippen LogP contribution >= 0.6 is 0 Å². The summed E-state index contributed by atoms with van der Waals surface area (Å²) in [6, 6.07) is 2.24. The zero-order valence-electron chi connectivity index (χ0n) is 7.76. The molecule has 0 atom stereocenters. The van der Waals surface area contributed by atoms with Crippen molar-refractivity contribution in [3.8, 4) is 0 Å². The van der Waals surface area contributed by atoms with E-state index in [1.165, 1.54) is 4.57 Å². The Balaban J connectivity index is 2.39. The van der Waals surface area contributed by atoms with Crippen LogP contribution in [0.5, 0.6) is 0 Å². The Morgan fingerprint density at radius 3 is 2.60 bits per heavy atom. The van der Waals surface area contributed by atoms with Gasteiger partial charge in [-0.05, 0) is 12.8 Å². The lowest BCUT2D eigenvalue weighted by Gasteiger charge is -1.99. The molecule has 1 aromatic heterocycles. The molecule has 1 heterocycles. The van der Waals surface area contributed by atoms with Gasteiger partial charge in [0.1, 0.15) is 0 Å². The molecule has 1 saturated carbocycles. The molecule has 3 rings (SSSR count). The summed E-state index contributed by atoms with van der Waals surface area (Å²) in [4.78, 5) is 14.0. The van der Waals surface area contributed by atoms with Crippen molar-refractivity contribution in [2.45, 2.75) is 18.9 Å². The first-order valence-electron chi connectivity index (χ1n) is 4.76. The molecule has 0 radical (unpaired) electrons. The summed E-state index contributed by atoms with van der Waals surface area (Å²) in [6.45, 7) is 0. The lowest BCUT2D eigenvalue weighted by Crippen LogP contribution is -2.14. The third kappa shape index (κ3) is 1.19. The smallest absolute Gasteiger partial charge is 0.305 e. The molecule has 1 N–H and O–H groups in total. The molecule has 0 unspecified atom stereocenters. The van der Waals surface area contributed by atoms with Crippen molar-refractivity contribution in [1.29, 1.82) is 0 Å². The van der Waals surface area contributed by atoms with Crippen molar-refractivity contribution in [2.75, 3.05) is 0 Å². The summed E-state index contributed by atoms with van der Waals surface area (Å²) in [5.41, 5.74) is 0.504. The lowest BCUT2D eigenvalue weighted by molar-refractivity contribution is 0.510. The summed E-state index contributed by atoms with van der Waals surface area (Å²) >= 11 is 0. The third-order valence-corrected chi connectivity index (χ3v) is 2.67. The number of fused-ring (bicyclic) bond motifs is 1. The number of imidazole rings is 1. The molecule has 78 valence electrons. The van der Waals surface area contributed by atoms with Gasteiger partial charge in [0, 0.05) is 18.2 Å². The Bertz CT molecular complexity index is 595. The highest BCUT2D eigenvalue weighted by atomic mass is 19.2. The summed E-state index contributed by atoms with van der Waals surface area (Å²) in [5.74, 6) is -1.86. The van der Waals surface area contributed by atoms with Crippen molar-refractivity contribution >= 4 is 11.0 Å². The summed E-state index contributed by atoms with van der Waals surface area (Å²) in [7, 11) is 0. The zero-order chi connectivity index (χ0) is 10.6. The average molecular weight is 210 g/mol. The maximum absolute atomic E-state index is 13.0. The Labute approximate surface area is 83.3 Å². The van der Waals surface area contributed by atoms with E-state index in [1.807, 2.05) is 0 Å². The van der Waals surface area contributed by atoms with E-state index < -0.39 is 11.6 Å². The molecule has 0 saturated heterocycles. The molecule has 1 fully saturated rings. The van der Waals surface area contributed by atoms with Gasteiger partial charge in [-0.2, -0.15) is 0 Å². The van der Waals surface area contributed by atoms with Crippen molar-refractivity contribution in [3.05, 3.63) is 34.3 Å². The molecule has 3 nitrogen and oxygen atoms in total. The topological polar surface area (TPSA) is 37.8 Å². The summed E-state index contributed by atoms with van der Waals surface area (Å²) in [6.07, 6.45) is 1.84. The molecule has 1 aliphatic carbocycles. The molecular weight excluding hydrogens is 202 g/mol. The minimum absolute atomic E-state index is 0.149. The van der Waals surface area contributed by atoms with Crippen LogP contribution < -0.4 is 5.69 Å². The van der Waals surface area contributed by atoms with E-state index in [9.17, 15) is 13.6 Å². The van der Waals surface area contributed by atoms with E-state index in [0.717, 1.165) is 25.0 Å². The van der Waals surface area contributed by atoms with Crippen molar-refractivity contribution < 1.29 is 8.78 Å². The van der Waals surface area contributed by atoms with Gasteiger partial charge in [0.05, 0.1) is 11.0 Å². The fourth-order valence-electron chi connectivity index (χ4n) is 1.82.